The summed E-state index contributed by atoms with van der Waals surface area (Å²) < 4.78 is 27.8. The van der Waals surface area contributed by atoms with Crippen molar-refractivity contribution in [1.82, 2.24) is 20.3 Å². The average molecular weight is 641 g/mol. The minimum Gasteiger partial charge on any atom is -0.342 e. The zero-order valence-corrected chi connectivity index (χ0v) is 29.5. The van der Waals surface area contributed by atoms with E-state index in [1.54, 1.807) is 39.2 Å². The molecule has 248 valence electrons. The number of likely N-dealkylation sites (N-methyl/N-ethyl adjacent to an activating group) is 2. The molecular weight excluding hydrogens is 588 g/mol. The number of nitrogens with one attached hydrogen (secondary N) is 3. The first-order valence-corrected chi connectivity index (χ1v) is 17.0. The van der Waals surface area contributed by atoms with Gasteiger partial charge in [-0.15, -0.1) is 0 Å². The Morgan fingerprint density at radius 1 is 0.867 bits per heavy atom. The van der Waals surface area contributed by atoms with E-state index in [1.807, 2.05) is 97.9 Å². The lowest BCUT2D eigenvalue weighted by molar-refractivity contribution is -0.138. The molecule has 0 heterocycles. The van der Waals surface area contributed by atoms with Crippen LogP contribution in [-0.4, -0.2) is 57.2 Å². The minimum absolute atomic E-state index is 0.184. The van der Waals surface area contributed by atoms with Gasteiger partial charge in [0.2, 0.25) is 27.7 Å². The maximum Gasteiger partial charge on any atom is 0.249 e. The van der Waals surface area contributed by atoms with Crippen LogP contribution in [0.15, 0.2) is 66.4 Å². The summed E-state index contributed by atoms with van der Waals surface area (Å²) in [4.78, 5) is 42.3. The van der Waals surface area contributed by atoms with Crippen LogP contribution in [0.1, 0.15) is 72.1 Å². The van der Waals surface area contributed by atoms with Crippen molar-refractivity contribution in [1.29, 1.82) is 0 Å². The molecule has 0 fully saturated rings. The molecule has 1 unspecified atom stereocenters. The molecule has 10 heteroatoms. The van der Waals surface area contributed by atoms with Crippen molar-refractivity contribution in [3.63, 3.8) is 0 Å². The fraction of sp³-hybridized carbons (Fsp3) is 0.514. The Hall–Kier alpha value is -3.50. The molecule has 3 atom stereocenters. The minimum atomic E-state index is -3.95. The van der Waals surface area contributed by atoms with Crippen molar-refractivity contribution < 1.29 is 22.8 Å². The lowest BCUT2D eigenvalue weighted by atomic mass is 9.76. The third-order valence-electron chi connectivity index (χ3n) is 8.20. The fourth-order valence-electron chi connectivity index (χ4n) is 5.33. The summed E-state index contributed by atoms with van der Waals surface area (Å²) in [5.41, 5.74) is 1.71. The number of benzene rings is 2. The molecule has 0 aromatic heterocycles. The predicted octanol–water partition coefficient (Wildman–Crippen LogP) is 4.67. The maximum absolute atomic E-state index is 14.1. The first-order chi connectivity index (χ1) is 20.7. The van der Waals surface area contributed by atoms with Crippen LogP contribution in [-0.2, 0) is 35.6 Å². The first-order valence-electron chi connectivity index (χ1n) is 15.3. The van der Waals surface area contributed by atoms with E-state index in [1.165, 1.54) is 4.90 Å². The largest absolute Gasteiger partial charge is 0.342 e. The molecule has 0 saturated heterocycles. The molecule has 0 aliphatic rings. The molecule has 0 spiro atoms. The number of hydrogen-bond donors (Lipinski definition) is 3. The Labute approximate surface area is 270 Å². The van der Waals surface area contributed by atoms with Crippen LogP contribution >= 0.6 is 0 Å². The highest BCUT2D eigenvalue weighted by atomic mass is 32.2. The molecular formula is C35H52N4O5S. The number of rotatable bonds is 13. The number of carbonyl (C=O) groups is 3. The van der Waals surface area contributed by atoms with Gasteiger partial charge in [-0.05, 0) is 48.9 Å². The van der Waals surface area contributed by atoms with Crippen LogP contribution in [0.2, 0.25) is 0 Å². The van der Waals surface area contributed by atoms with E-state index in [9.17, 15) is 22.8 Å². The smallest absolute Gasteiger partial charge is 0.249 e. The van der Waals surface area contributed by atoms with E-state index in [4.69, 9.17) is 0 Å². The van der Waals surface area contributed by atoms with Gasteiger partial charge in [-0.1, -0.05) is 109 Å². The summed E-state index contributed by atoms with van der Waals surface area (Å²) in [7, 11) is -0.608. The molecule has 0 bridgehead atoms. The number of carbonyl (C=O) groups excluding carboxylic acids is 3. The number of sulfonamides is 1. The fourth-order valence-corrected chi connectivity index (χ4v) is 6.63. The van der Waals surface area contributed by atoms with Crippen LogP contribution in [0, 0.1) is 24.2 Å². The van der Waals surface area contributed by atoms with E-state index in [0.717, 1.165) is 11.1 Å². The molecule has 0 saturated carbocycles. The normalized spacial score (nSPS) is 14.8. The molecule has 9 nitrogen and oxygen atoms in total. The van der Waals surface area contributed by atoms with E-state index in [0.29, 0.717) is 11.3 Å². The molecule has 3 amide bonds. The molecule has 0 radical (unpaired) electrons. The molecule has 0 aliphatic heterocycles. The van der Waals surface area contributed by atoms with Gasteiger partial charge in [0.25, 0.3) is 0 Å². The van der Waals surface area contributed by atoms with E-state index < -0.39 is 44.8 Å². The summed E-state index contributed by atoms with van der Waals surface area (Å²) in [6, 6.07) is 15.3. The molecule has 2 rings (SSSR count). The zero-order chi connectivity index (χ0) is 34.3. The number of allylic oxidation sites excluding steroid dienone is 1. The van der Waals surface area contributed by atoms with Crippen molar-refractivity contribution in [2.75, 3.05) is 14.1 Å². The highest BCUT2D eigenvalue weighted by Crippen LogP contribution is 2.29. The monoisotopic (exact) mass is 640 g/mol. The summed E-state index contributed by atoms with van der Waals surface area (Å²) in [5, 5.41) is 6.15. The molecule has 45 heavy (non-hydrogen) atoms. The van der Waals surface area contributed by atoms with Crippen molar-refractivity contribution in [3.8, 4) is 0 Å². The standard InChI is InChI=1S/C35H52N4O5S/c1-23(2)28(21-25(4)31(40)38-45(43,44)22-26-18-16-15-17-24(26)3)39(11)33(42)30(34(5,6)7)37-32(41)29(36-10)35(8,9)27-19-13-12-14-20-27/h12-21,23,25,29-30,36H,22H2,1-11H3,(H,37,41)(H,38,40)/b28-21+/t25?,29-,30-/m1/s1. The van der Waals surface area contributed by atoms with Gasteiger partial charge in [0.05, 0.1) is 17.7 Å². The topological polar surface area (TPSA) is 125 Å². The Balaban J connectivity index is 2.30. The summed E-state index contributed by atoms with van der Waals surface area (Å²) in [5.74, 6) is -2.71. The van der Waals surface area contributed by atoms with Gasteiger partial charge in [-0.25, -0.2) is 8.42 Å². The van der Waals surface area contributed by atoms with Crippen molar-refractivity contribution in [2.24, 2.45) is 17.3 Å². The molecule has 2 aromatic rings. The van der Waals surface area contributed by atoms with E-state index >= 15 is 0 Å². The third kappa shape index (κ3) is 9.99. The van der Waals surface area contributed by atoms with Crippen LogP contribution < -0.4 is 15.4 Å². The van der Waals surface area contributed by atoms with Gasteiger partial charge >= 0.3 is 0 Å². The second-order valence-electron chi connectivity index (χ2n) is 13.7. The third-order valence-corrected chi connectivity index (χ3v) is 9.40. The van der Waals surface area contributed by atoms with Gasteiger partial charge in [-0.2, -0.15) is 0 Å². The van der Waals surface area contributed by atoms with E-state index in [-0.39, 0.29) is 23.5 Å². The van der Waals surface area contributed by atoms with Gasteiger partial charge in [0.15, 0.2) is 0 Å². The van der Waals surface area contributed by atoms with E-state index in [2.05, 4.69) is 15.4 Å². The highest BCUT2D eigenvalue weighted by Gasteiger charge is 2.41. The Bertz CT molecular complexity index is 1480. The molecule has 0 aliphatic carbocycles. The number of amides is 3. The lowest BCUT2D eigenvalue weighted by Crippen LogP contribution is -2.60. The number of aryl methyl sites for hydroxylation is 1. The molecule has 2 aromatic carbocycles. The van der Waals surface area contributed by atoms with Crippen molar-refractivity contribution in [2.45, 2.75) is 85.6 Å². The predicted molar refractivity (Wildman–Crippen MR) is 181 cm³/mol. The van der Waals surface area contributed by atoms with Crippen molar-refractivity contribution in [3.05, 3.63) is 83.1 Å². The molecule has 3 N–H and O–H groups in total. The summed E-state index contributed by atoms with van der Waals surface area (Å²) in [6.07, 6.45) is 1.61. The van der Waals surface area contributed by atoms with Gasteiger partial charge < -0.3 is 15.5 Å². The van der Waals surface area contributed by atoms with Crippen molar-refractivity contribution >= 4 is 27.7 Å². The Morgan fingerprint density at radius 3 is 1.93 bits per heavy atom. The number of hydrogen-bond acceptors (Lipinski definition) is 6. The van der Waals surface area contributed by atoms with Gasteiger partial charge in [0, 0.05) is 18.2 Å². The van der Waals surface area contributed by atoms with Crippen LogP contribution in [0.25, 0.3) is 0 Å². The second-order valence-corrected chi connectivity index (χ2v) is 15.4. The average Bonchev–Trinajstić information content (AvgIpc) is 2.94. The van der Waals surface area contributed by atoms with Crippen LogP contribution in [0.4, 0.5) is 0 Å². The van der Waals surface area contributed by atoms with Gasteiger partial charge in [0.1, 0.15) is 6.04 Å². The first kappa shape index (κ1) is 37.7. The number of nitrogens with zero attached hydrogens (tertiary/aromatic N) is 1. The SMILES string of the molecule is CN[C@H](C(=O)N[C@H](C(=O)N(C)/C(=C/C(C)C(=O)NS(=O)(=O)Cc1ccccc1C)C(C)C)C(C)(C)C)C(C)(C)c1ccccc1. The van der Waals surface area contributed by atoms with Gasteiger partial charge in [-0.3, -0.25) is 19.1 Å². The summed E-state index contributed by atoms with van der Waals surface area (Å²) >= 11 is 0. The highest BCUT2D eigenvalue weighted by molar-refractivity contribution is 7.89. The Kier molecular flexibility index (Phi) is 12.7. The Morgan fingerprint density at radius 2 is 1.42 bits per heavy atom. The quantitative estimate of drug-likeness (QED) is 0.292. The maximum atomic E-state index is 14.1. The lowest BCUT2D eigenvalue weighted by Gasteiger charge is -2.39. The van der Waals surface area contributed by atoms with Crippen LogP contribution in [0.3, 0.4) is 0 Å². The second kappa shape index (κ2) is 15.2. The van der Waals surface area contributed by atoms with Crippen LogP contribution in [0.5, 0.6) is 0 Å². The summed E-state index contributed by atoms with van der Waals surface area (Å²) in [6.45, 7) is 16.8. The zero-order valence-electron chi connectivity index (χ0n) is 28.7.